The monoisotopic (exact) mass is 286 g/mol. The van der Waals surface area contributed by atoms with Crippen molar-refractivity contribution in [3.05, 3.63) is 29.8 Å². The van der Waals surface area contributed by atoms with Gasteiger partial charge in [-0.25, -0.2) is 0 Å². The molecule has 0 aliphatic heterocycles. The van der Waals surface area contributed by atoms with Gasteiger partial charge < -0.3 is 9.84 Å². The minimum absolute atomic E-state index is 0.658. The third kappa shape index (κ3) is 3.22. The van der Waals surface area contributed by atoms with Gasteiger partial charge in [-0.2, -0.15) is 0 Å². The van der Waals surface area contributed by atoms with Gasteiger partial charge in [0.1, 0.15) is 5.75 Å². The van der Waals surface area contributed by atoms with Crippen LogP contribution in [0.4, 0.5) is 0 Å². The van der Waals surface area contributed by atoms with Crippen molar-refractivity contribution in [2.45, 2.75) is 32.3 Å². The first kappa shape index (κ1) is 13.5. The Bertz CT molecular complexity index is 304. The summed E-state index contributed by atoms with van der Waals surface area (Å²) in [4.78, 5) is 0. The van der Waals surface area contributed by atoms with Gasteiger partial charge in [0.05, 0.1) is 12.2 Å². The quantitative estimate of drug-likeness (QED) is 0.812. The van der Waals surface area contributed by atoms with Gasteiger partial charge >= 0.3 is 0 Å². The van der Waals surface area contributed by atoms with Crippen LogP contribution < -0.4 is 4.74 Å². The summed E-state index contributed by atoms with van der Waals surface area (Å²) in [6.45, 7) is 4.66. The molecule has 0 aromatic heterocycles. The SMILES string of the molecule is CCC(O)(CC)c1ccc(OCCBr)cc1. The lowest BCUT2D eigenvalue weighted by molar-refractivity contribution is 0.0283. The van der Waals surface area contributed by atoms with Gasteiger partial charge in [-0.3, -0.25) is 0 Å². The zero-order valence-corrected chi connectivity index (χ0v) is 11.5. The van der Waals surface area contributed by atoms with Crippen molar-refractivity contribution in [3.63, 3.8) is 0 Å². The van der Waals surface area contributed by atoms with Crippen LogP contribution in [0.2, 0.25) is 0 Å². The summed E-state index contributed by atoms with van der Waals surface area (Å²) >= 11 is 3.31. The average Bonchev–Trinajstić information content (AvgIpc) is 2.36. The molecule has 0 radical (unpaired) electrons. The molecule has 16 heavy (non-hydrogen) atoms. The van der Waals surface area contributed by atoms with Crippen molar-refractivity contribution in [2.24, 2.45) is 0 Å². The number of alkyl halides is 1. The lowest BCUT2D eigenvalue weighted by Gasteiger charge is -2.25. The third-order valence-corrected chi connectivity index (χ3v) is 3.23. The summed E-state index contributed by atoms with van der Waals surface area (Å²) in [5.41, 5.74) is 0.261. The van der Waals surface area contributed by atoms with Crippen LogP contribution in [-0.2, 0) is 5.60 Å². The first-order valence-corrected chi connectivity index (χ1v) is 6.80. The van der Waals surface area contributed by atoms with E-state index in [1.807, 2.05) is 38.1 Å². The second-order valence-corrected chi connectivity index (χ2v) is 4.59. The topological polar surface area (TPSA) is 29.5 Å². The molecule has 0 aliphatic rings. The lowest BCUT2D eigenvalue weighted by atomic mass is 9.89. The molecule has 0 aliphatic carbocycles. The molecule has 0 heterocycles. The molecule has 0 spiro atoms. The van der Waals surface area contributed by atoms with Crippen LogP contribution in [0.15, 0.2) is 24.3 Å². The van der Waals surface area contributed by atoms with E-state index in [1.54, 1.807) is 0 Å². The minimum atomic E-state index is -0.700. The van der Waals surface area contributed by atoms with Crippen molar-refractivity contribution in [2.75, 3.05) is 11.9 Å². The summed E-state index contributed by atoms with van der Waals surface area (Å²) in [5, 5.41) is 11.1. The van der Waals surface area contributed by atoms with Crippen LogP contribution in [0.1, 0.15) is 32.3 Å². The molecule has 1 N–H and O–H groups in total. The number of benzene rings is 1. The molecule has 0 saturated carbocycles. The van der Waals surface area contributed by atoms with Crippen molar-refractivity contribution in [3.8, 4) is 5.75 Å². The van der Waals surface area contributed by atoms with Gasteiger partial charge in [0.25, 0.3) is 0 Å². The fourth-order valence-electron chi connectivity index (χ4n) is 1.68. The number of ether oxygens (including phenoxy) is 1. The van der Waals surface area contributed by atoms with Crippen molar-refractivity contribution >= 4 is 15.9 Å². The first-order chi connectivity index (χ1) is 7.66. The Morgan fingerprint density at radius 1 is 1.19 bits per heavy atom. The normalized spacial score (nSPS) is 11.5. The molecule has 1 rings (SSSR count). The molecular formula is C13H19BrO2. The number of hydrogen-bond acceptors (Lipinski definition) is 2. The van der Waals surface area contributed by atoms with Crippen molar-refractivity contribution < 1.29 is 9.84 Å². The van der Waals surface area contributed by atoms with E-state index >= 15 is 0 Å². The summed E-state index contributed by atoms with van der Waals surface area (Å²) in [5.74, 6) is 0.845. The van der Waals surface area contributed by atoms with Gasteiger partial charge in [-0.15, -0.1) is 0 Å². The maximum atomic E-state index is 10.3. The molecule has 3 heteroatoms. The maximum absolute atomic E-state index is 10.3. The predicted octanol–water partition coefficient (Wildman–Crippen LogP) is 3.47. The standard InChI is InChI=1S/C13H19BrO2/c1-3-13(15,4-2)11-5-7-12(8-6-11)16-10-9-14/h5-8,15H,3-4,9-10H2,1-2H3. The van der Waals surface area contributed by atoms with E-state index in [-0.39, 0.29) is 0 Å². The second kappa shape index (κ2) is 6.26. The Balaban J connectivity index is 2.77. The van der Waals surface area contributed by atoms with E-state index in [1.165, 1.54) is 0 Å². The number of rotatable bonds is 6. The number of aliphatic hydroxyl groups is 1. The van der Waals surface area contributed by atoms with Crippen LogP contribution in [0.25, 0.3) is 0 Å². The molecule has 0 atom stereocenters. The Morgan fingerprint density at radius 2 is 1.75 bits per heavy atom. The zero-order valence-electron chi connectivity index (χ0n) is 9.87. The summed E-state index contributed by atoms with van der Waals surface area (Å²) in [6, 6.07) is 7.70. The van der Waals surface area contributed by atoms with E-state index in [0.29, 0.717) is 6.61 Å². The molecule has 0 amide bonds. The fraction of sp³-hybridized carbons (Fsp3) is 0.538. The highest BCUT2D eigenvalue weighted by Crippen LogP contribution is 2.29. The average molecular weight is 287 g/mol. The molecule has 90 valence electrons. The van der Waals surface area contributed by atoms with Crippen LogP contribution in [0.3, 0.4) is 0 Å². The van der Waals surface area contributed by atoms with Crippen LogP contribution in [0.5, 0.6) is 5.75 Å². The van der Waals surface area contributed by atoms with E-state index in [2.05, 4.69) is 15.9 Å². The van der Waals surface area contributed by atoms with Crippen LogP contribution in [0, 0.1) is 0 Å². The van der Waals surface area contributed by atoms with Crippen molar-refractivity contribution in [1.82, 2.24) is 0 Å². The summed E-state index contributed by atoms with van der Waals surface area (Å²) in [6.07, 6.45) is 1.45. The lowest BCUT2D eigenvalue weighted by Crippen LogP contribution is -2.23. The van der Waals surface area contributed by atoms with Gasteiger partial charge in [0.15, 0.2) is 0 Å². The molecule has 0 saturated heterocycles. The third-order valence-electron chi connectivity index (χ3n) is 2.91. The number of hydrogen-bond donors (Lipinski definition) is 1. The number of halogens is 1. The van der Waals surface area contributed by atoms with E-state index in [0.717, 1.165) is 29.5 Å². The molecular weight excluding hydrogens is 268 g/mol. The molecule has 0 unspecified atom stereocenters. The Hall–Kier alpha value is -0.540. The van der Waals surface area contributed by atoms with Gasteiger partial charge in [-0.1, -0.05) is 41.9 Å². The largest absolute Gasteiger partial charge is 0.493 e. The smallest absolute Gasteiger partial charge is 0.119 e. The highest BCUT2D eigenvalue weighted by Gasteiger charge is 2.24. The molecule has 0 bridgehead atoms. The highest BCUT2D eigenvalue weighted by atomic mass is 79.9. The Labute approximate surface area is 106 Å². The zero-order chi connectivity index (χ0) is 12.0. The van der Waals surface area contributed by atoms with E-state index < -0.39 is 5.60 Å². The van der Waals surface area contributed by atoms with Crippen molar-refractivity contribution in [1.29, 1.82) is 0 Å². The Morgan fingerprint density at radius 3 is 2.19 bits per heavy atom. The molecule has 0 fully saturated rings. The maximum Gasteiger partial charge on any atom is 0.119 e. The fourth-order valence-corrected chi connectivity index (χ4v) is 1.84. The van der Waals surface area contributed by atoms with E-state index in [9.17, 15) is 5.11 Å². The second-order valence-electron chi connectivity index (χ2n) is 3.80. The highest BCUT2D eigenvalue weighted by molar-refractivity contribution is 9.09. The Kier molecular flexibility index (Phi) is 5.29. The van der Waals surface area contributed by atoms with Gasteiger partial charge in [-0.05, 0) is 30.5 Å². The van der Waals surface area contributed by atoms with Gasteiger partial charge in [0, 0.05) is 5.33 Å². The molecule has 1 aromatic carbocycles. The van der Waals surface area contributed by atoms with Crippen LogP contribution >= 0.6 is 15.9 Å². The summed E-state index contributed by atoms with van der Waals surface area (Å²) < 4.78 is 5.46. The first-order valence-electron chi connectivity index (χ1n) is 5.68. The molecule has 2 nitrogen and oxygen atoms in total. The predicted molar refractivity (Wildman–Crippen MR) is 70.2 cm³/mol. The summed E-state index contributed by atoms with van der Waals surface area (Å²) in [7, 11) is 0. The van der Waals surface area contributed by atoms with Crippen LogP contribution in [-0.4, -0.2) is 17.0 Å². The van der Waals surface area contributed by atoms with Gasteiger partial charge in [0.2, 0.25) is 0 Å². The minimum Gasteiger partial charge on any atom is -0.493 e. The molecule has 1 aromatic rings. The van der Waals surface area contributed by atoms with E-state index in [4.69, 9.17) is 4.74 Å².